The minimum absolute atomic E-state index is 0.395. The first-order valence-electron chi connectivity index (χ1n) is 5.35. The van der Waals surface area contributed by atoms with E-state index < -0.39 is 0 Å². The number of aryl methyl sites for hydroxylation is 1. The van der Waals surface area contributed by atoms with Crippen LogP contribution in [-0.2, 0) is 13.5 Å². The van der Waals surface area contributed by atoms with E-state index in [0.717, 1.165) is 17.9 Å². The zero-order valence-corrected chi connectivity index (χ0v) is 9.59. The van der Waals surface area contributed by atoms with Gasteiger partial charge in [0.25, 0.3) is 0 Å². The molecule has 1 aromatic carbocycles. The van der Waals surface area contributed by atoms with Crippen LogP contribution in [0.25, 0.3) is 0 Å². The zero-order valence-electron chi connectivity index (χ0n) is 9.59. The number of aromatic nitrogens is 3. The van der Waals surface area contributed by atoms with Crippen LogP contribution in [-0.4, -0.2) is 14.8 Å². The molecule has 0 unspecified atom stereocenters. The van der Waals surface area contributed by atoms with Crippen molar-refractivity contribution in [2.24, 2.45) is 7.05 Å². The fourth-order valence-electron chi connectivity index (χ4n) is 1.75. The van der Waals surface area contributed by atoms with Crippen molar-refractivity contribution in [1.29, 1.82) is 0 Å². The summed E-state index contributed by atoms with van der Waals surface area (Å²) in [6.07, 6.45) is 2.60. The topological polar surface area (TPSA) is 56.7 Å². The Morgan fingerprint density at radius 1 is 1.44 bits per heavy atom. The van der Waals surface area contributed by atoms with Gasteiger partial charge in [0.2, 0.25) is 0 Å². The molecule has 4 heteroatoms. The predicted octanol–water partition coefficient (Wildman–Crippen LogP) is 1.74. The van der Waals surface area contributed by atoms with E-state index in [2.05, 4.69) is 23.2 Å². The van der Waals surface area contributed by atoms with Crippen LogP contribution in [0.4, 0.5) is 5.69 Å². The first-order valence-corrected chi connectivity index (χ1v) is 5.35. The first-order chi connectivity index (χ1) is 7.66. The molecule has 4 nitrogen and oxygen atoms in total. The summed E-state index contributed by atoms with van der Waals surface area (Å²) in [4.78, 5) is 0. The van der Waals surface area contributed by atoms with Gasteiger partial charge in [-0.2, -0.15) is 0 Å². The Morgan fingerprint density at radius 3 is 2.88 bits per heavy atom. The summed E-state index contributed by atoms with van der Waals surface area (Å²) in [6, 6.07) is 7.99. The maximum atomic E-state index is 5.77. The Bertz CT molecular complexity index is 475. The van der Waals surface area contributed by atoms with Crippen molar-refractivity contribution in [3.63, 3.8) is 0 Å². The van der Waals surface area contributed by atoms with Gasteiger partial charge in [0, 0.05) is 19.2 Å². The SMILES string of the molecule is C[C@@H](Cc1nncn1C)c1cccc(N)c1. The molecule has 0 aliphatic rings. The van der Waals surface area contributed by atoms with Gasteiger partial charge in [-0.1, -0.05) is 19.1 Å². The zero-order chi connectivity index (χ0) is 11.5. The Labute approximate surface area is 95.1 Å². The van der Waals surface area contributed by atoms with Gasteiger partial charge in [0.15, 0.2) is 0 Å². The summed E-state index contributed by atoms with van der Waals surface area (Å²) in [5.41, 5.74) is 7.81. The fourth-order valence-corrected chi connectivity index (χ4v) is 1.75. The van der Waals surface area contributed by atoms with Crippen LogP contribution in [0.5, 0.6) is 0 Å². The van der Waals surface area contributed by atoms with Crippen LogP contribution in [0.3, 0.4) is 0 Å². The molecule has 0 radical (unpaired) electrons. The van der Waals surface area contributed by atoms with Crippen LogP contribution < -0.4 is 5.73 Å². The Balaban J connectivity index is 2.14. The van der Waals surface area contributed by atoms with Gasteiger partial charge in [0.05, 0.1) is 0 Å². The fraction of sp³-hybridized carbons (Fsp3) is 0.333. The molecule has 2 N–H and O–H groups in total. The summed E-state index contributed by atoms with van der Waals surface area (Å²) in [5.74, 6) is 1.39. The molecule has 1 aromatic heterocycles. The van der Waals surface area contributed by atoms with E-state index in [1.54, 1.807) is 6.33 Å². The van der Waals surface area contributed by atoms with Crippen LogP contribution in [0, 0.1) is 0 Å². The van der Waals surface area contributed by atoms with Crippen molar-refractivity contribution in [2.75, 3.05) is 5.73 Å². The van der Waals surface area contributed by atoms with Gasteiger partial charge in [0.1, 0.15) is 12.2 Å². The summed E-state index contributed by atoms with van der Waals surface area (Å²) < 4.78 is 1.95. The molecule has 0 bridgehead atoms. The van der Waals surface area contributed by atoms with E-state index in [1.165, 1.54) is 5.56 Å². The maximum absolute atomic E-state index is 5.77. The van der Waals surface area contributed by atoms with Gasteiger partial charge < -0.3 is 10.3 Å². The molecule has 2 aromatic rings. The number of nitrogen functional groups attached to an aromatic ring is 1. The molecule has 2 rings (SSSR count). The summed E-state index contributed by atoms with van der Waals surface area (Å²) >= 11 is 0. The lowest BCUT2D eigenvalue weighted by atomic mass is 9.97. The number of benzene rings is 1. The van der Waals surface area contributed by atoms with E-state index in [4.69, 9.17) is 5.73 Å². The van der Waals surface area contributed by atoms with Crippen LogP contribution in [0.1, 0.15) is 24.2 Å². The second-order valence-electron chi connectivity index (χ2n) is 4.13. The second-order valence-corrected chi connectivity index (χ2v) is 4.13. The molecule has 0 spiro atoms. The molecule has 0 saturated heterocycles. The van der Waals surface area contributed by atoms with Crippen molar-refractivity contribution in [2.45, 2.75) is 19.3 Å². The highest BCUT2D eigenvalue weighted by Gasteiger charge is 2.10. The average molecular weight is 216 g/mol. The number of rotatable bonds is 3. The number of nitrogens with two attached hydrogens (primary N) is 1. The van der Waals surface area contributed by atoms with Crippen LogP contribution >= 0.6 is 0 Å². The molecule has 0 saturated carbocycles. The van der Waals surface area contributed by atoms with Crippen LogP contribution in [0.2, 0.25) is 0 Å². The van der Waals surface area contributed by atoms with Gasteiger partial charge in [-0.05, 0) is 23.6 Å². The predicted molar refractivity (Wildman–Crippen MR) is 64.0 cm³/mol. The first kappa shape index (κ1) is 10.7. The van der Waals surface area contributed by atoms with Crippen molar-refractivity contribution in [3.05, 3.63) is 42.0 Å². The number of hydrogen-bond acceptors (Lipinski definition) is 3. The number of anilines is 1. The van der Waals surface area contributed by atoms with Crippen molar-refractivity contribution in [1.82, 2.24) is 14.8 Å². The van der Waals surface area contributed by atoms with Crippen molar-refractivity contribution < 1.29 is 0 Å². The molecule has 0 aliphatic carbocycles. The normalized spacial score (nSPS) is 12.6. The van der Waals surface area contributed by atoms with Crippen LogP contribution in [0.15, 0.2) is 30.6 Å². The number of nitrogens with zero attached hydrogens (tertiary/aromatic N) is 3. The van der Waals surface area contributed by atoms with Gasteiger partial charge in [-0.25, -0.2) is 0 Å². The van der Waals surface area contributed by atoms with Gasteiger partial charge in [-0.15, -0.1) is 10.2 Å². The summed E-state index contributed by atoms with van der Waals surface area (Å²) in [6.45, 7) is 2.17. The molecule has 1 atom stereocenters. The molecular weight excluding hydrogens is 200 g/mol. The minimum atomic E-state index is 0.395. The molecule has 1 heterocycles. The lowest BCUT2D eigenvalue weighted by molar-refractivity contribution is 0.681. The number of hydrogen-bond donors (Lipinski definition) is 1. The van der Waals surface area contributed by atoms with E-state index in [0.29, 0.717) is 5.92 Å². The van der Waals surface area contributed by atoms with E-state index in [1.807, 2.05) is 29.8 Å². The third-order valence-electron chi connectivity index (χ3n) is 2.77. The van der Waals surface area contributed by atoms with Crippen molar-refractivity contribution >= 4 is 5.69 Å². The van der Waals surface area contributed by atoms with E-state index in [9.17, 15) is 0 Å². The minimum Gasteiger partial charge on any atom is -0.399 e. The summed E-state index contributed by atoms with van der Waals surface area (Å²) in [7, 11) is 1.96. The quantitative estimate of drug-likeness (QED) is 0.795. The Morgan fingerprint density at radius 2 is 2.25 bits per heavy atom. The molecular formula is C12H16N4. The standard InChI is InChI=1S/C12H16N4/c1-9(6-12-15-14-8-16(12)2)10-4-3-5-11(13)7-10/h3-5,7-9H,6,13H2,1-2H3/t9-/m0/s1. The monoisotopic (exact) mass is 216 g/mol. The highest BCUT2D eigenvalue weighted by Crippen LogP contribution is 2.20. The molecule has 16 heavy (non-hydrogen) atoms. The second kappa shape index (κ2) is 4.35. The third-order valence-corrected chi connectivity index (χ3v) is 2.77. The van der Waals surface area contributed by atoms with Gasteiger partial charge in [-0.3, -0.25) is 0 Å². The lowest BCUT2D eigenvalue weighted by Crippen LogP contribution is -2.04. The smallest absolute Gasteiger partial charge is 0.133 e. The van der Waals surface area contributed by atoms with E-state index >= 15 is 0 Å². The molecule has 0 amide bonds. The third kappa shape index (κ3) is 2.21. The Hall–Kier alpha value is -1.84. The maximum Gasteiger partial charge on any atom is 0.133 e. The largest absolute Gasteiger partial charge is 0.399 e. The average Bonchev–Trinajstić information content (AvgIpc) is 2.64. The van der Waals surface area contributed by atoms with E-state index in [-0.39, 0.29) is 0 Å². The van der Waals surface area contributed by atoms with Gasteiger partial charge >= 0.3 is 0 Å². The lowest BCUT2D eigenvalue weighted by Gasteiger charge is -2.11. The molecule has 0 aliphatic heterocycles. The molecule has 0 fully saturated rings. The molecule has 84 valence electrons. The highest BCUT2D eigenvalue weighted by atomic mass is 15.2. The summed E-state index contributed by atoms with van der Waals surface area (Å²) in [5, 5.41) is 7.96. The van der Waals surface area contributed by atoms with Crippen molar-refractivity contribution in [3.8, 4) is 0 Å². The highest BCUT2D eigenvalue weighted by molar-refractivity contribution is 5.41. The Kier molecular flexibility index (Phi) is 2.90.